The molecular weight excluding hydrogens is 389 g/mol. The van der Waals surface area contributed by atoms with Gasteiger partial charge in [-0.15, -0.1) is 0 Å². The summed E-state index contributed by atoms with van der Waals surface area (Å²) in [5.74, 6) is -0.0386. The highest BCUT2D eigenvalue weighted by atomic mass is 32.2. The first-order valence-electron chi connectivity index (χ1n) is 8.79. The molecule has 0 fully saturated rings. The van der Waals surface area contributed by atoms with E-state index in [1.807, 2.05) is 45.0 Å². The lowest BCUT2D eigenvalue weighted by Crippen LogP contribution is -2.46. The van der Waals surface area contributed by atoms with E-state index >= 15 is 0 Å². The van der Waals surface area contributed by atoms with Crippen molar-refractivity contribution in [2.45, 2.75) is 43.3 Å². The Morgan fingerprint density at radius 2 is 1.71 bits per heavy atom. The van der Waals surface area contributed by atoms with Crippen molar-refractivity contribution >= 4 is 22.6 Å². The van der Waals surface area contributed by atoms with Crippen LogP contribution in [0.5, 0.6) is 0 Å². The molecule has 0 aromatic heterocycles. The van der Waals surface area contributed by atoms with Crippen LogP contribution in [0.3, 0.4) is 0 Å². The lowest BCUT2D eigenvalue weighted by Gasteiger charge is -2.27. The van der Waals surface area contributed by atoms with E-state index in [-0.39, 0.29) is 23.4 Å². The predicted molar refractivity (Wildman–Crippen MR) is 102 cm³/mol. The first kappa shape index (κ1) is 20.5. The van der Waals surface area contributed by atoms with Crippen molar-refractivity contribution < 1.29 is 22.2 Å². The molecule has 2 unspecified atom stereocenters. The summed E-state index contributed by atoms with van der Waals surface area (Å²) in [6.45, 7) is 5.81. The average Bonchev–Trinajstić information content (AvgIpc) is 2.85. The Labute approximate surface area is 164 Å². The molecule has 0 saturated heterocycles. The summed E-state index contributed by atoms with van der Waals surface area (Å²) in [5, 5.41) is 0. The highest BCUT2D eigenvalue weighted by Gasteiger charge is 2.45. The van der Waals surface area contributed by atoms with Crippen LogP contribution in [0, 0.1) is 0 Å². The summed E-state index contributed by atoms with van der Waals surface area (Å²) in [6, 6.07) is 11.5. The molecule has 0 spiro atoms. The number of rotatable bonds is 5. The molecule has 1 aliphatic rings. The van der Waals surface area contributed by atoms with E-state index in [0.717, 1.165) is 23.4 Å². The van der Waals surface area contributed by atoms with E-state index in [4.69, 9.17) is 0 Å². The average molecular weight is 410 g/mol. The van der Waals surface area contributed by atoms with Gasteiger partial charge in [0.15, 0.2) is 0 Å². The first-order valence-corrected chi connectivity index (χ1v) is 9.94. The molecule has 1 amide bonds. The van der Waals surface area contributed by atoms with Crippen molar-refractivity contribution in [3.63, 3.8) is 0 Å². The minimum atomic E-state index is -4.43. The Bertz CT molecular complexity index is 910. The Hall–Kier alpha value is -2.19. The number of fused-ring (bicyclic) bond motifs is 1. The molecule has 2 aromatic rings. The van der Waals surface area contributed by atoms with Crippen molar-refractivity contribution in [1.29, 1.82) is 0 Å². The van der Waals surface area contributed by atoms with E-state index in [1.54, 1.807) is 4.90 Å². The highest BCUT2D eigenvalue weighted by Crippen LogP contribution is 2.42. The normalized spacial score (nSPS) is 18.1. The van der Waals surface area contributed by atoms with Crippen LogP contribution >= 0.6 is 0 Å². The SMILES string of the molecule is CC(CNS(=O)c1ccc(C(F)(F)F)cc1)N1C(=O)C(C)(C)c2ccccc21. The van der Waals surface area contributed by atoms with Crippen LogP contribution in [0.15, 0.2) is 53.4 Å². The van der Waals surface area contributed by atoms with Crippen LogP contribution in [0.25, 0.3) is 0 Å². The molecule has 3 rings (SSSR count). The molecule has 28 heavy (non-hydrogen) atoms. The Balaban J connectivity index is 1.70. The summed E-state index contributed by atoms with van der Waals surface area (Å²) in [5.41, 5.74) is 0.336. The summed E-state index contributed by atoms with van der Waals surface area (Å²) in [7, 11) is -1.68. The monoisotopic (exact) mass is 410 g/mol. The first-order chi connectivity index (χ1) is 13.0. The van der Waals surface area contributed by atoms with Crippen LogP contribution < -0.4 is 9.62 Å². The van der Waals surface area contributed by atoms with Gasteiger partial charge in [-0.3, -0.25) is 4.79 Å². The van der Waals surface area contributed by atoms with Crippen LogP contribution in [0.2, 0.25) is 0 Å². The fraction of sp³-hybridized carbons (Fsp3) is 0.350. The van der Waals surface area contributed by atoms with E-state index in [2.05, 4.69) is 4.72 Å². The third-order valence-electron chi connectivity index (χ3n) is 4.94. The van der Waals surface area contributed by atoms with Gasteiger partial charge in [0, 0.05) is 18.3 Å². The third kappa shape index (κ3) is 3.71. The molecule has 1 heterocycles. The van der Waals surface area contributed by atoms with Gasteiger partial charge in [0.2, 0.25) is 5.91 Å². The van der Waals surface area contributed by atoms with Crippen LogP contribution in [-0.2, 0) is 27.4 Å². The number of amides is 1. The zero-order chi connectivity index (χ0) is 20.7. The van der Waals surface area contributed by atoms with E-state index in [0.29, 0.717) is 0 Å². The summed E-state index contributed by atoms with van der Waals surface area (Å²) >= 11 is 0. The van der Waals surface area contributed by atoms with Gasteiger partial charge in [0.25, 0.3) is 0 Å². The van der Waals surface area contributed by atoms with E-state index in [1.165, 1.54) is 12.1 Å². The number of hydrogen-bond acceptors (Lipinski definition) is 2. The number of carbonyl (C=O) groups excluding carboxylic acids is 1. The van der Waals surface area contributed by atoms with Crippen molar-refractivity contribution in [3.8, 4) is 0 Å². The molecule has 1 N–H and O–H groups in total. The largest absolute Gasteiger partial charge is 0.416 e. The number of nitrogens with one attached hydrogen (secondary N) is 1. The third-order valence-corrected chi connectivity index (χ3v) is 6.07. The van der Waals surface area contributed by atoms with Gasteiger partial charge in [-0.25, -0.2) is 8.93 Å². The Kier molecular flexibility index (Phi) is 5.38. The quantitative estimate of drug-likeness (QED) is 0.809. The van der Waals surface area contributed by atoms with Crippen molar-refractivity contribution in [3.05, 3.63) is 59.7 Å². The number of nitrogens with zero attached hydrogens (tertiary/aromatic N) is 1. The molecule has 1 aliphatic heterocycles. The van der Waals surface area contributed by atoms with Gasteiger partial charge in [0.1, 0.15) is 11.0 Å². The van der Waals surface area contributed by atoms with Gasteiger partial charge >= 0.3 is 6.18 Å². The maximum Gasteiger partial charge on any atom is 0.416 e. The van der Waals surface area contributed by atoms with Gasteiger partial charge < -0.3 is 4.90 Å². The number of halogens is 3. The van der Waals surface area contributed by atoms with Gasteiger partial charge in [-0.2, -0.15) is 13.2 Å². The van der Waals surface area contributed by atoms with Crippen molar-refractivity contribution in [2.24, 2.45) is 0 Å². The summed E-state index contributed by atoms with van der Waals surface area (Å²) in [4.78, 5) is 14.8. The number of anilines is 1. The second-order valence-electron chi connectivity index (χ2n) is 7.31. The van der Waals surface area contributed by atoms with Crippen LogP contribution in [0.1, 0.15) is 31.9 Å². The molecule has 2 atom stereocenters. The van der Waals surface area contributed by atoms with Crippen molar-refractivity contribution in [1.82, 2.24) is 4.72 Å². The van der Waals surface area contributed by atoms with E-state index in [9.17, 15) is 22.2 Å². The molecule has 0 radical (unpaired) electrons. The second-order valence-corrected chi connectivity index (χ2v) is 8.60. The van der Waals surface area contributed by atoms with Gasteiger partial charge in [-0.1, -0.05) is 18.2 Å². The van der Waals surface area contributed by atoms with Crippen molar-refractivity contribution in [2.75, 3.05) is 11.4 Å². The maximum atomic E-state index is 12.9. The number of carbonyl (C=O) groups is 1. The minimum absolute atomic E-state index is 0.0386. The lowest BCUT2D eigenvalue weighted by atomic mass is 9.86. The van der Waals surface area contributed by atoms with Gasteiger partial charge in [0.05, 0.1) is 15.9 Å². The molecular formula is C20H21F3N2O2S. The number of para-hydroxylation sites is 1. The fourth-order valence-electron chi connectivity index (χ4n) is 3.31. The predicted octanol–water partition coefficient (Wildman–Crippen LogP) is 4.03. The summed E-state index contributed by atoms with van der Waals surface area (Å²) in [6.07, 6.45) is -4.43. The van der Waals surface area contributed by atoms with Gasteiger partial charge in [-0.05, 0) is 56.7 Å². The van der Waals surface area contributed by atoms with Crippen LogP contribution in [0.4, 0.5) is 18.9 Å². The molecule has 0 saturated carbocycles. The van der Waals surface area contributed by atoms with E-state index < -0.39 is 28.1 Å². The molecule has 0 bridgehead atoms. The zero-order valence-electron chi connectivity index (χ0n) is 15.7. The molecule has 4 nitrogen and oxygen atoms in total. The van der Waals surface area contributed by atoms with Crippen LogP contribution in [-0.4, -0.2) is 22.7 Å². The minimum Gasteiger partial charge on any atom is -0.307 e. The number of hydrogen-bond donors (Lipinski definition) is 1. The molecule has 2 aromatic carbocycles. The molecule has 8 heteroatoms. The number of benzene rings is 2. The topological polar surface area (TPSA) is 49.4 Å². The standard InChI is InChI=1S/C20H21F3N2O2S/c1-13(25-17-7-5-4-6-16(17)19(2,3)18(25)26)12-24-28(27)15-10-8-14(9-11-15)20(21,22)23/h4-11,13,24H,12H2,1-3H3. The molecule has 150 valence electrons. The maximum absolute atomic E-state index is 12.9. The smallest absolute Gasteiger partial charge is 0.307 e. The Morgan fingerprint density at radius 1 is 1.11 bits per heavy atom. The fourth-order valence-corrected chi connectivity index (χ4v) is 4.26. The Morgan fingerprint density at radius 3 is 2.32 bits per heavy atom. The number of alkyl halides is 3. The second kappa shape index (κ2) is 7.33. The summed E-state index contributed by atoms with van der Waals surface area (Å²) < 4.78 is 53.1. The molecule has 0 aliphatic carbocycles. The highest BCUT2D eigenvalue weighted by molar-refractivity contribution is 7.83. The zero-order valence-corrected chi connectivity index (χ0v) is 16.5. The lowest BCUT2D eigenvalue weighted by molar-refractivity contribution is -0.137.